The molecule has 1 heterocycles. The van der Waals surface area contributed by atoms with E-state index in [1.807, 2.05) is 20.8 Å². The fraction of sp³-hybridized carbons (Fsp3) is 0.938. The Kier molecular flexibility index (Phi) is 5.55. The minimum atomic E-state index is -2.06. The zero-order chi connectivity index (χ0) is 17.4. The Morgan fingerprint density at radius 3 is 2.23 bits per heavy atom. The molecule has 0 aliphatic carbocycles. The summed E-state index contributed by atoms with van der Waals surface area (Å²) in [6.45, 7) is 17.0. The van der Waals surface area contributed by atoms with Crippen LogP contribution in [0.25, 0.3) is 0 Å². The van der Waals surface area contributed by atoms with Crippen LogP contribution in [0.4, 0.5) is 0 Å². The minimum Gasteiger partial charge on any atom is -0.469 e. The minimum absolute atomic E-state index is 0.0596. The SMILES string of the molecule is COC(=O)CC1(C)CCC(C)(C)ON1O[Si](C)(C)C(C)(C)C. The van der Waals surface area contributed by atoms with Crippen LogP contribution in [0, 0.1) is 0 Å². The molecule has 0 amide bonds. The van der Waals surface area contributed by atoms with Gasteiger partial charge in [0, 0.05) is 0 Å². The van der Waals surface area contributed by atoms with Crippen molar-refractivity contribution in [2.24, 2.45) is 0 Å². The molecule has 6 heteroatoms. The number of hydroxylamine groups is 2. The summed E-state index contributed by atoms with van der Waals surface area (Å²) < 4.78 is 11.2. The number of hydrogen-bond donors (Lipinski definition) is 0. The molecule has 0 spiro atoms. The summed E-state index contributed by atoms with van der Waals surface area (Å²) in [5, 5.41) is 1.68. The van der Waals surface area contributed by atoms with Crippen molar-refractivity contribution in [1.82, 2.24) is 5.23 Å². The van der Waals surface area contributed by atoms with Gasteiger partial charge in [0.25, 0.3) is 0 Å². The van der Waals surface area contributed by atoms with E-state index in [2.05, 4.69) is 33.9 Å². The zero-order valence-corrected chi connectivity index (χ0v) is 16.7. The van der Waals surface area contributed by atoms with Gasteiger partial charge in [0.2, 0.25) is 8.32 Å². The van der Waals surface area contributed by atoms with Crippen LogP contribution in [-0.2, 0) is 18.9 Å². The van der Waals surface area contributed by atoms with E-state index in [1.165, 1.54) is 7.11 Å². The molecule has 1 rings (SSSR count). The fourth-order valence-electron chi connectivity index (χ4n) is 2.05. The summed E-state index contributed by atoms with van der Waals surface area (Å²) in [4.78, 5) is 17.9. The third kappa shape index (κ3) is 4.53. The van der Waals surface area contributed by atoms with Crippen molar-refractivity contribution in [3.8, 4) is 0 Å². The number of methoxy groups -OCH3 is 1. The Bertz CT molecular complexity index is 417. The van der Waals surface area contributed by atoms with E-state index in [0.717, 1.165) is 12.8 Å². The number of esters is 1. The standard InChI is InChI=1S/C16H33NO4Si/c1-14(2,3)22(8,9)21-17-16(6,12-13(18)19-7)11-10-15(4,5)20-17/h10-12H2,1-9H3. The highest BCUT2D eigenvalue weighted by Crippen LogP contribution is 2.43. The van der Waals surface area contributed by atoms with Crippen molar-refractivity contribution in [1.29, 1.82) is 0 Å². The highest BCUT2D eigenvalue weighted by molar-refractivity contribution is 6.74. The summed E-state index contributed by atoms with van der Waals surface area (Å²) in [5.41, 5.74) is -0.796. The van der Waals surface area contributed by atoms with Gasteiger partial charge in [0.05, 0.1) is 24.7 Å². The lowest BCUT2D eigenvalue weighted by molar-refractivity contribution is -0.430. The molecule has 1 unspecified atom stereocenters. The molecular formula is C16H33NO4Si. The van der Waals surface area contributed by atoms with Crippen molar-refractivity contribution in [2.45, 2.75) is 90.1 Å². The maximum absolute atomic E-state index is 11.8. The van der Waals surface area contributed by atoms with E-state index in [1.54, 1.807) is 5.23 Å². The smallest absolute Gasteiger partial charge is 0.307 e. The molecule has 0 aromatic rings. The molecular weight excluding hydrogens is 298 g/mol. The lowest BCUT2D eigenvalue weighted by Crippen LogP contribution is -2.60. The summed E-state index contributed by atoms with van der Waals surface area (Å²) in [6.07, 6.45) is 1.95. The van der Waals surface area contributed by atoms with Crippen LogP contribution in [0.5, 0.6) is 0 Å². The van der Waals surface area contributed by atoms with Crippen LogP contribution in [0.15, 0.2) is 0 Å². The maximum atomic E-state index is 11.8. The number of nitrogens with zero attached hydrogens (tertiary/aromatic N) is 1. The molecule has 0 N–H and O–H groups in total. The Morgan fingerprint density at radius 1 is 1.23 bits per heavy atom. The molecule has 5 nitrogen and oxygen atoms in total. The van der Waals surface area contributed by atoms with Crippen LogP contribution < -0.4 is 0 Å². The summed E-state index contributed by atoms with van der Waals surface area (Å²) >= 11 is 0. The molecule has 1 saturated heterocycles. The highest BCUT2D eigenvalue weighted by Gasteiger charge is 2.49. The van der Waals surface area contributed by atoms with Gasteiger partial charge >= 0.3 is 5.97 Å². The monoisotopic (exact) mass is 331 g/mol. The second-order valence-electron chi connectivity index (χ2n) is 8.71. The van der Waals surface area contributed by atoms with Crippen LogP contribution in [0.2, 0.25) is 18.1 Å². The Hall–Kier alpha value is -0.433. The van der Waals surface area contributed by atoms with E-state index in [9.17, 15) is 4.79 Å². The van der Waals surface area contributed by atoms with Crippen LogP contribution in [0.1, 0.15) is 60.8 Å². The molecule has 0 saturated carbocycles. The summed E-state index contributed by atoms with van der Waals surface area (Å²) in [5.74, 6) is -0.241. The topological polar surface area (TPSA) is 48.0 Å². The average molecular weight is 332 g/mol. The Morgan fingerprint density at radius 2 is 1.77 bits per heavy atom. The van der Waals surface area contributed by atoms with Crippen LogP contribution in [-0.4, -0.2) is 37.8 Å². The predicted octanol–water partition coefficient (Wildman–Crippen LogP) is 4.05. The first-order chi connectivity index (χ1) is 9.72. The third-order valence-corrected chi connectivity index (χ3v) is 9.14. The number of carbonyl (C=O) groups excluding carboxylic acids is 1. The van der Waals surface area contributed by atoms with Crippen LogP contribution in [0.3, 0.4) is 0 Å². The number of carbonyl (C=O) groups is 1. The molecule has 0 bridgehead atoms. The second kappa shape index (κ2) is 6.22. The van der Waals surface area contributed by atoms with Gasteiger partial charge in [-0.1, -0.05) is 26.0 Å². The normalized spacial score (nSPS) is 26.8. The average Bonchev–Trinajstić information content (AvgIpc) is 2.32. The van der Waals surface area contributed by atoms with Gasteiger partial charge in [0.15, 0.2) is 0 Å². The van der Waals surface area contributed by atoms with Gasteiger partial charge in [0.1, 0.15) is 0 Å². The molecule has 130 valence electrons. The third-order valence-electron chi connectivity index (χ3n) is 4.91. The largest absolute Gasteiger partial charge is 0.469 e. The predicted molar refractivity (Wildman–Crippen MR) is 89.6 cm³/mol. The lowest BCUT2D eigenvalue weighted by Gasteiger charge is -2.51. The molecule has 0 radical (unpaired) electrons. The van der Waals surface area contributed by atoms with E-state index in [0.29, 0.717) is 0 Å². The molecule has 1 atom stereocenters. The Balaban J connectivity index is 3.03. The second-order valence-corrected chi connectivity index (χ2v) is 13.4. The van der Waals surface area contributed by atoms with Gasteiger partial charge in [-0.15, -0.1) is 0 Å². The van der Waals surface area contributed by atoms with Crippen molar-refractivity contribution in [3.63, 3.8) is 0 Å². The van der Waals surface area contributed by atoms with Crippen molar-refractivity contribution >= 4 is 14.3 Å². The van der Waals surface area contributed by atoms with Crippen molar-refractivity contribution in [2.75, 3.05) is 7.11 Å². The van der Waals surface area contributed by atoms with Gasteiger partial charge in [-0.05, 0) is 51.7 Å². The highest BCUT2D eigenvalue weighted by atomic mass is 28.4. The fourth-order valence-corrected chi connectivity index (χ4v) is 3.00. The van der Waals surface area contributed by atoms with Crippen LogP contribution >= 0.6 is 0 Å². The number of rotatable bonds is 4. The number of hydrogen-bond acceptors (Lipinski definition) is 5. The van der Waals surface area contributed by atoms with Crippen molar-refractivity contribution in [3.05, 3.63) is 0 Å². The van der Waals surface area contributed by atoms with Gasteiger partial charge in [-0.2, -0.15) is 0 Å². The molecule has 22 heavy (non-hydrogen) atoms. The maximum Gasteiger partial charge on any atom is 0.307 e. The Labute approximate surface area is 136 Å². The number of ether oxygens (including phenoxy) is 1. The van der Waals surface area contributed by atoms with Crippen molar-refractivity contribution < 1.29 is 18.9 Å². The quantitative estimate of drug-likeness (QED) is 0.574. The van der Waals surface area contributed by atoms with E-state index < -0.39 is 13.9 Å². The van der Waals surface area contributed by atoms with E-state index in [-0.39, 0.29) is 23.0 Å². The molecule has 1 aliphatic rings. The molecule has 1 fully saturated rings. The van der Waals surface area contributed by atoms with Gasteiger partial charge in [-0.25, -0.2) is 0 Å². The van der Waals surface area contributed by atoms with Gasteiger partial charge in [-0.3, -0.25) is 9.63 Å². The van der Waals surface area contributed by atoms with Gasteiger partial charge < -0.3 is 9.26 Å². The molecule has 0 aromatic heterocycles. The lowest BCUT2D eigenvalue weighted by atomic mass is 9.86. The first-order valence-corrected chi connectivity index (χ1v) is 10.9. The summed E-state index contributed by atoms with van der Waals surface area (Å²) in [6, 6.07) is 0. The first-order valence-electron chi connectivity index (χ1n) is 7.98. The zero-order valence-electron chi connectivity index (χ0n) is 15.7. The first kappa shape index (κ1) is 19.6. The molecule has 1 aliphatic heterocycles. The van der Waals surface area contributed by atoms with E-state index in [4.69, 9.17) is 14.1 Å². The molecule has 0 aromatic carbocycles. The summed E-state index contributed by atoms with van der Waals surface area (Å²) in [7, 11) is -0.641. The van der Waals surface area contributed by atoms with E-state index >= 15 is 0 Å².